The van der Waals surface area contributed by atoms with Crippen molar-refractivity contribution in [2.75, 3.05) is 0 Å². The van der Waals surface area contributed by atoms with E-state index in [1.54, 1.807) is 6.08 Å². The van der Waals surface area contributed by atoms with Crippen LogP contribution in [0.1, 0.15) is 27.2 Å². The second-order valence-corrected chi connectivity index (χ2v) is 3.26. The molecule has 60 valence electrons. The fourth-order valence-electron chi connectivity index (χ4n) is 0.749. The van der Waals surface area contributed by atoms with Crippen molar-refractivity contribution < 1.29 is 5.11 Å². The Morgan fingerprint density at radius 3 is 2.20 bits per heavy atom. The van der Waals surface area contributed by atoms with Gasteiger partial charge in [0.15, 0.2) is 0 Å². The zero-order valence-electron chi connectivity index (χ0n) is 7.17. The van der Waals surface area contributed by atoms with Gasteiger partial charge in [0.2, 0.25) is 0 Å². The highest BCUT2D eigenvalue weighted by Crippen LogP contribution is 2.15. The maximum atomic E-state index is 9.16. The lowest BCUT2D eigenvalue weighted by atomic mass is 9.92. The van der Waals surface area contributed by atoms with Crippen LogP contribution in [0, 0.1) is 11.8 Å². The number of hydrogen-bond donors (Lipinski definition) is 1. The number of aliphatic hydroxyl groups is 1. The lowest BCUT2D eigenvalue weighted by Crippen LogP contribution is -2.12. The van der Waals surface area contributed by atoms with Gasteiger partial charge in [0.25, 0.3) is 0 Å². The van der Waals surface area contributed by atoms with Crippen LogP contribution in [0.2, 0.25) is 0 Å². The van der Waals surface area contributed by atoms with Crippen LogP contribution in [0.3, 0.4) is 0 Å². The van der Waals surface area contributed by atoms with Gasteiger partial charge in [0.05, 0.1) is 6.10 Å². The average molecular weight is 142 g/mol. The Morgan fingerprint density at radius 1 is 1.40 bits per heavy atom. The molecule has 0 aromatic carbocycles. The summed E-state index contributed by atoms with van der Waals surface area (Å²) in [6.07, 6.45) is 2.11. The van der Waals surface area contributed by atoms with E-state index in [1.807, 2.05) is 0 Å². The molecule has 0 aliphatic carbocycles. The molecule has 0 spiro atoms. The molecule has 0 amide bonds. The summed E-state index contributed by atoms with van der Waals surface area (Å²) in [6, 6.07) is 0. The topological polar surface area (TPSA) is 20.2 Å². The molecule has 0 aromatic heterocycles. The summed E-state index contributed by atoms with van der Waals surface area (Å²) in [4.78, 5) is 0. The van der Waals surface area contributed by atoms with Crippen molar-refractivity contribution in [1.82, 2.24) is 0 Å². The zero-order chi connectivity index (χ0) is 8.15. The standard InChI is InChI=1S/C9H18O/c1-5-9(10)6-8(4)7(2)3/h5,7-10H,1,6H2,2-4H3. The first-order valence-corrected chi connectivity index (χ1v) is 3.88. The Bertz CT molecular complexity index is 96.9. The van der Waals surface area contributed by atoms with E-state index in [1.165, 1.54) is 0 Å². The SMILES string of the molecule is C=CC(O)CC(C)C(C)C. The van der Waals surface area contributed by atoms with Crippen LogP contribution in [-0.2, 0) is 0 Å². The van der Waals surface area contributed by atoms with E-state index in [-0.39, 0.29) is 6.10 Å². The number of hydrogen-bond acceptors (Lipinski definition) is 1. The maximum Gasteiger partial charge on any atom is 0.0720 e. The smallest absolute Gasteiger partial charge is 0.0720 e. The molecule has 0 aliphatic heterocycles. The van der Waals surface area contributed by atoms with Gasteiger partial charge in [-0.2, -0.15) is 0 Å². The Kier molecular flexibility index (Phi) is 4.37. The highest BCUT2D eigenvalue weighted by molar-refractivity contribution is 4.79. The molecule has 0 saturated carbocycles. The fraction of sp³-hybridized carbons (Fsp3) is 0.778. The van der Waals surface area contributed by atoms with Gasteiger partial charge in [0, 0.05) is 0 Å². The zero-order valence-corrected chi connectivity index (χ0v) is 7.17. The van der Waals surface area contributed by atoms with Gasteiger partial charge in [-0.3, -0.25) is 0 Å². The van der Waals surface area contributed by atoms with E-state index in [9.17, 15) is 0 Å². The van der Waals surface area contributed by atoms with Crippen molar-refractivity contribution in [3.05, 3.63) is 12.7 Å². The third-order valence-corrected chi connectivity index (χ3v) is 2.02. The van der Waals surface area contributed by atoms with E-state index in [0.29, 0.717) is 11.8 Å². The summed E-state index contributed by atoms with van der Waals surface area (Å²) in [5.74, 6) is 1.22. The van der Waals surface area contributed by atoms with Gasteiger partial charge >= 0.3 is 0 Å². The maximum absolute atomic E-state index is 9.16. The quantitative estimate of drug-likeness (QED) is 0.597. The first kappa shape index (κ1) is 9.70. The van der Waals surface area contributed by atoms with Gasteiger partial charge in [-0.1, -0.05) is 26.8 Å². The van der Waals surface area contributed by atoms with E-state index < -0.39 is 0 Å². The normalized spacial score (nSPS) is 16.9. The van der Waals surface area contributed by atoms with E-state index >= 15 is 0 Å². The van der Waals surface area contributed by atoms with Gasteiger partial charge < -0.3 is 5.11 Å². The second kappa shape index (κ2) is 4.51. The Hall–Kier alpha value is -0.300. The minimum atomic E-state index is -0.322. The van der Waals surface area contributed by atoms with Gasteiger partial charge in [-0.25, -0.2) is 0 Å². The third kappa shape index (κ3) is 3.67. The molecule has 10 heavy (non-hydrogen) atoms. The minimum absolute atomic E-state index is 0.322. The van der Waals surface area contributed by atoms with Crippen LogP contribution in [0.25, 0.3) is 0 Å². The first-order chi connectivity index (χ1) is 4.57. The average Bonchev–Trinajstić information content (AvgIpc) is 1.87. The predicted octanol–water partition coefficient (Wildman–Crippen LogP) is 2.22. The predicted molar refractivity (Wildman–Crippen MR) is 44.8 cm³/mol. The Balaban J connectivity index is 3.56. The Morgan fingerprint density at radius 2 is 1.90 bits per heavy atom. The van der Waals surface area contributed by atoms with Crippen LogP contribution < -0.4 is 0 Å². The van der Waals surface area contributed by atoms with Crippen LogP contribution in [0.5, 0.6) is 0 Å². The van der Waals surface area contributed by atoms with Crippen LogP contribution in [0.4, 0.5) is 0 Å². The molecule has 0 aliphatic rings. The molecule has 0 radical (unpaired) electrons. The Labute approximate surface area is 63.8 Å². The molecule has 0 fully saturated rings. The second-order valence-electron chi connectivity index (χ2n) is 3.26. The van der Waals surface area contributed by atoms with Gasteiger partial charge in [0.1, 0.15) is 0 Å². The van der Waals surface area contributed by atoms with Crippen LogP contribution >= 0.6 is 0 Å². The molecule has 0 heterocycles. The van der Waals surface area contributed by atoms with Crippen molar-refractivity contribution in [2.24, 2.45) is 11.8 Å². The lowest BCUT2D eigenvalue weighted by molar-refractivity contribution is 0.176. The molecule has 0 rings (SSSR count). The molecule has 0 aromatic rings. The molecule has 2 atom stereocenters. The summed E-state index contributed by atoms with van der Waals surface area (Å²) in [5, 5.41) is 9.16. The molecular formula is C9H18O. The first-order valence-electron chi connectivity index (χ1n) is 3.88. The van der Waals surface area contributed by atoms with Crippen molar-refractivity contribution >= 4 is 0 Å². The molecular weight excluding hydrogens is 124 g/mol. The molecule has 0 bridgehead atoms. The lowest BCUT2D eigenvalue weighted by Gasteiger charge is -2.16. The minimum Gasteiger partial charge on any atom is -0.389 e. The highest BCUT2D eigenvalue weighted by Gasteiger charge is 2.10. The van der Waals surface area contributed by atoms with E-state index in [4.69, 9.17) is 5.11 Å². The van der Waals surface area contributed by atoms with Crippen molar-refractivity contribution in [1.29, 1.82) is 0 Å². The largest absolute Gasteiger partial charge is 0.389 e. The highest BCUT2D eigenvalue weighted by atomic mass is 16.3. The van der Waals surface area contributed by atoms with Crippen molar-refractivity contribution in [3.63, 3.8) is 0 Å². The fourth-order valence-corrected chi connectivity index (χ4v) is 0.749. The van der Waals surface area contributed by atoms with Crippen molar-refractivity contribution in [2.45, 2.75) is 33.3 Å². The van der Waals surface area contributed by atoms with E-state index in [0.717, 1.165) is 6.42 Å². The summed E-state index contributed by atoms with van der Waals surface area (Å²) >= 11 is 0. The van der Waals surface area contributed by atoms with E-state index in [2.05, 4.69) is 27.4 Å². The van der Waals surface area contributed by atoms with Crippen molar-refractivity contribution in [3.8, 4) is 0 Å². The molecule has 1 N–H and O–H groups in total. The molecule has 1 nitrogen and oxygen atoms in total. The number of aliphatic hydroxyl groups excluding tert-OH is 1. The summed E-state index contributed by atoms with van der Waals surface area (Å²) in [6.45, 7) is 10.0. The molecule has 0 saturated heterocycles. The molecule has 1 heteroatoms. The van der Waals surface area contributed by atoms with Crippen LogP contribution in [-0.4, -0.2) is 11.2 Å². The summed E-state index contributed by atoms with van der Waals surface area (Å²) < 4.78 is 0. The molecule has 2 unspecified atom stereocenters. The van der Waals surface area contributed by atoms with Gasteiger partial charge in [-0.05, 0) is 18.3 Å². The monoisotopic (exact) mass is 142 g/mol. The number of rotatable bonds is 4. The summed E-state index contributed by atoms with van der Waals surface area (Å²) in [7, 11) is 0. The summed E-state index contributed by atoms with van der Waals surface area (Å²) in [5.41, 5.74) is 0. The van der Waals surface area contributed by atoms with Crippen LogP contribution in [0.15, 0.2) is 12.7 Å². The van der Waals surface area contributed by atoms with Gasteiger partial charge in [-0.15, -0.1) is 6.58 Å². The third-order valence-electron chi connectivity index (χ3n) is 2.02.